The highest BCUT2D eigenvalue weighted by Crippen LogP contribution is 2.32. The summed E-state index contributed by atoms with van der Waals surface area (Å²) in [5.41, 5.74) is 5.41. The second kappa shape index (κ2) is 7.49. The number of aromatic nitrogens is 1. The Morgan fingerprint density at radius 2 is 2.19 bits per heavy atom. The van der Waals surface area contributed by atoms with Crippen LogP contribution < -0.4 is 5.32 Å². The van der Waals surface area contributed by atoms with Crippen LogP contribution in [0.25, 0.3) is 11.1 Å². The molecule has 5 rings (SSSR count). The van der Waals surface area contributed by atoms with E-state index in [-0.39, 0.29) is 24.1 Å². The number of halogens is 2. The van der Waals surface area contributed by atoms with Crippen molar-refractivity contribution in [3.05, 3.63) is 59.2 Å². The number of hydrogen-bond donors (Lipinski definition) is 1. The quantitative estimate of drug-likeness (QED) is 0.705. The first-order chi connectivity index (χ1) is 12.8. The fourth-order valence-electron chi connectivity index (χ4n) is 4.28. The van der Waals surface area contributed by atoms with Crippen molar-refractivity contribution in [3.63, 3.8) is 0 Å². The summed E-state index contributed by atoms with van der Waals surface area (Å²) in [4.78, 5) is 7.09. The Hall–Kier alpha value is -2.11. The standard InChI is InChI=1S/C21H22FN3O.ClH/c22-17-6-7-18-19(11-17)26-21(24-18)16-5-2-10-25(13-16)12-15-4-1-3-14-8-9-23-20(14)15;/h1,3-4,6-7,11,16,23H,2,5,8-10,12-13H2;1H. The molecule has 0 saturated carbocycles. The van der Waals surface area contributed by atoms with E-state index in [1.807, 2.05) is 0 Å². The summed E-state index contributed by atoms with van der Waals surface area (Å²) in [6.45, 7) is 4.00. The number of anilines is 1. The fourth-order valence-corrected chi connectivity index (χ4v) is 4.28. The summed E-state index contributed by atoms with van der Waals surface area (Å²) in [7, 11) is 0. The van der Waals surface area contributed by atoms with Crippen LogP contribution >= 0.6 is 12.4 Å². The zero-order valence-corrected chi connectivity index (χ0v) is 15.9. The predicted molar refractivity (Wildman–Crippen MR) is 107 cm³/mol. The first-order valence-corrected chi connectivity index (χ1v) is 9.39. The third-order valence-corrected chi connectivity index (χ3v) is 5.55. The second-order valence-electron chi connectivity index (χ2n) is 7.37. The molecule has 0 aliphatic carbocycles. The lowest BCUT2D eigenvalue weighted by Gasteiger charge is -2.31. The average molecular weight is 388 g/mol. The summed E-state index contributed by atoms with van der Waals surface area (Å²) in [5.74, 6) is 0.728. The lowest BCUT2D eigenvalue weighted by Crippen LogP contribution is -2.34. The van der Waals surface area contributed by atoms with E-state index in [2.05, 4.69) is 33.4 Å². The second-order valence-corrected chi connectivity index (χ2v) is 7.37. The molecule has 3 heterocycles. The molecular weight excluding hydrogens is 365 g/mol. The third-order valence-electron chi connectivity index (χ3n) is 5.55. The van der Waals surface area contributed by atoms with Crippen molar-refractivity contribution in [2.45, 2.75) is 31.7 Å². The van der Waals surface area contributed by atoms with E-state index < -0.39 is 0 Å². The highest BCUT2D eigenvalue weighted by atomic mass is 35.5. The largest absolute Gasteiger partial charge is 0.440 e. The number of fused-ring (bicyclic) bond motifs is 2. The zero-order valence-electron chi connectivity index (χ0n) is 15.1. The Morgan fingerprint density at radius 1 is 1.26 bits per heavy atom. The number of para-hydroxylation sites is 1. The molecule has 2 aliphatic heterocycles. The molecule has 4 nitrogen and oxygen atoms in total. The molecule has 0 bridgehead atoms. The number of likely N-dealkylation sites (tertiary alicyclic amines) is 1. The molecule has 6 heteroatoms. The van der Waals surface area contributed by atoms with E-state index in [9.17, 15) is 4.39 Å². The molecule has 1 unspecified atom stereocenters. The maximum Gasteiger partial charge on any atom is 0.199 e. The van der Waals surface area contributed by atoms with Crippen molar-refractivity contribution in [1.82, 2.24) is 9.88 Å². The van der Waals surface area contributed by atoms with Gasteiger partial charge in [0.2, 0.25) is 0 Å². The molecule has 2 aromatic carbocycles. The maximum absolute atomic E-state index is 13.4. The van der Waals surface area contributed by atoms with E-state index in [0.29, 0.717) is 5.58 Å². The Labute approximate surface area is 164 Å². The lowest BCUT2D eigenvalue weighted by atomic mass is 9.97. The molecule has 1 fully saturated rings. The molecule has 0 radical (unpaired) electrons. The van der Waals surface area contributed by atoms with E-state index in [0.717, 1.165) is 56.8 Å². The average Bonchev–Trinajstić information content (AvgIpc) is 3.28. The highest BCUT2D eigenvalue weighted by molar-refractivity contribution is 5.85. The molecule has 3 aromatic rings. The van der Waals surface area contributed by atoms with Crippen molar-refractivity contribution in [2.24, 2.45) is 0 Å². The minimum atomic E-state index is -0.282. The van der Waals surface area contributed by atoms with E-state index >= 15 is 0 Å². The maximum atomic E-state index is 13.4. The Morgan fingerprint density at radius 3 is 3.11 bits per heavy atom. The van der Waals surface area contributed by atoms with Crippen LogP contribution in [0.3, 0.4) is 0 Å². The minimum Gasteiger partial charge on any atom is -0.440 e. The molecule has 2 aliphatic rings. The van der Waals surface area contributed by atoms with Crippen molar-refractivity contribution in [3.8, 4) is 0 Å². The van der Waals surface area contributed by atoms with Gasteiger partial charge in [0.05, 0.1) is 0 Å². The van der Waals surface area contributed by atoms with Gasteiger partial charge in [-0.3, -0.25) is 4.90 Å². The molecule has 1 atom stereocenters. The van der Waals surface area contributed by atoms with Gasteiger partial charge in [-0.15, -0.1) is 12.4 Å². The van der Waals surface area contributed by atoms with Gasteiger partial charge in [0.15, 0.2) is 11.5 Å². The molecule has 27 heavy (non-hydrogen) atoms. The molecule has 1 saturated heterocycles. The van der Waals surface area contributed by atoms with Crippen LogP contribution in [0.15, 0.2) is 40.8 Å². The van der Waals surface area contributed by atoms with Gasteiger partial charge in [-0.05, 0) is 49.1 Å². The van der Waals surface area contributed by atoms with Crippen LogP contribution in [-0.2, 0) is 13.0 Å². The predicted octanol–water partition coefficient (Wildman–Crippen LogP) is 4.74. The molecule has 1 aromatic heterocycles. The first kappa shape index (κ1) is 18.3. The van der Waals surface area contributed by atoms with E-state index in [1.54, 1.807) is 6.07 Å². The molecule has 1 N–H and O–H groups in total. The number of oxazole rings is 1. The lowest BCUT2D eigenvalue weighted by molar-refractivity contribution is 0.187. The fraction of sp³-hybridized carbons (Fsp3) is 0.381. The van der Waals surface area contributed by atoms with Gasteiger partial charge in [-0.1, -0.05) is 18.2 Å². The summed E-state index contributed by atoms with van der Waals surface area (Å²) >= 11 is 0. The van der Waals surface area contributed by atoms with Crippen molar-refractivity contribution in [1.29, 1.82) is 0 Å². The van der Waals surface area contributed by atoms with Crippen LogP contribution in [0.1, 0.15) is 35.8 Å². The Kier molecular flexibility index (Phi) is 5.06. The van der Waals surface area contributed by atoms with Crippen LogP contribution in [-0.4, -0.2) is 29.5 Å². The van der Waals surface area contributed by atoms with Gasteiger partial charge >= 0.3 is 0 Å². The Balaban J connectivity index is 0.00000180. The van der Waals surface area contributed by atoms with Gasteiger partial charge in [-0.2, -0.15) is 0 Å². The van der Waals surface area contributed by atoms with Gasteiger partial charge in [0, 0.05) is 37.3 Å². The molecule has 142 valence electrons. The summed E-state index contributed by atoms with van der Waals surface area (Å²) in [6.07, 6.45) is 3.31. The van der Waals surface area contributed by atoms with E-state index in [4.69, 9.17) is 4.42 Å². The van der Waals surface area contributed by atoms with E-state index in [1.165, 1.54) is 28.9 Å². The molecular formula is C21H23ClFN3O. The topological polar surface area (TPSA) is 41.3 Å². The van der Waals surface area contributed by atoms with Crippen LogP contribution in [0.4, 0.5) is 10.1 Å². The number of benzene rings is 2. The number of piperidine rings is 1. The smallest absolute Gasteiger partial charge is 0.199 e. The number of hydrogen-bond acceptors (Lipinski definition) is 4. The van der Waals surface area contributed by atoms with Crippen molar-refractivity contribution >= 4 is 29.2 Å². The van der Waals surface area contributed by atoms with Gasteiger partial charge in [0.1, 0.15) is 11.3 Å². The van der Waals surface area contributed by atoms with Crippen molar-refractivity contribution < 1.29 is 8.81 Å². The first-order valence-electron chi connectivity index (χ1n) is 9.39. The number of nitrogens with one attached hydrogen (secondary N) is 1. The van der Waals surface area contributed by atoms with Crippen LogP contribution in [0.2, 0.25) is 0 Å². The van der Waals surface area contributed by atoms with Gasteiger partial charge < -0.3 is 9.73 Å². The third kappa shape index (κ3) is 3.54. The Bertz CT molecular complexity index is 958. The monoisotopic (exact) mass is 387 g/mol. The zero-order chi connectivity index (χ0) is 17.5. The normalized spacial score (nSPS) is 19.5. The summed E-state index contributed by atoms with van der Waals surface area (Å²) < 4.78 is 19.3. The van der Waals surface area contributed by atoms with Gasteiger partial charge in [-0.25, -0.2) is 9.37 Å². The molecule has 0 spiro atoms. The van der Waals surface area contributed by atoms with Crippen LogP contribution in [0, 0.1) is 5.82 Å². The van der Waals surface area contributed by atoms with Crippen LogP contribution in [0.5, 0.6) is 0 Å². The summed E-state index contributed by atoms with van der Waals surface area (Å²) in [5, 5.41) is 3.53. The molecule has 0 amide bonds. The highest BCUT2D eigenvalue weighted by Gasteiger charge is 2.26. The SMILES string of the molecule is Cl.Fc1ccc2nc(C3CCCN(Cc4cccc5c4NCC5)C3)oc2c1. The van der Waals surface area contributed by atoms with Crippen molar-refractivity contribution in [2.75, 3.05) is 25.0 Å². The number of nitrogens with zero attached hydrogens (tertiary/aromatic N) is 2. The van der Waals surface area contributed by atoms with Gasteiger partial charge in [0.25, 0.3) is 0 Å². The summed E-state index contributed by atoms with van der Waals surface area (Å²) in [6, 6.07) is 11.2. The number of rotatable bonds is 3. The minimum absolute atomic E-state index is 0.